The summed E-state index contributed by atoms with van der Waals surface area (Å²) in [4.78, 5) is 39.5. The highest BCUT2D eigenvalue weighted by molar-refractivity contribution is 7.44. The van der Waals surface area contributed by atoms with E-state index in [0.717, 1.165) is 22.3 Å². The molecule has 7 rings (SSSR count). The predicted molar refractivity (Wildman–Crippen MR) is 258 cm³/mol. The van der Waals surface area contributed by atoms with Crippen LogP contribution in [0.2, 0.25) is 0 Å². The zero-order chi connectivity index (χ0) is 48.9. The molecule has 1 N–H and O–H groups in total. The summed E-state index contributed by atoms with van der Waals surface area (Å²) in [7, 11) is 2.76. The summed E-state index contributed by atoms with van der Waals surface area (Å²) in [5.74, 6) is 0.249. The van der Waals surface area contributed by atoms with Gasteiger partial charge in [0.1, 0.15) is 29.4 Å². The Morgan fingerprint density at radius 3 is 2.06 bits per heavy atom. The average Bonchev–Trinajstić information content (AvgIpc) is 3.97. The van der Waals surface area contributed by atoms with Crippen LogP contribution in [0.1, 0.15) is 69.0 Å². The van der Waals surface area contributed by atoms with Gasteiger partial charge in [-0.15, -0.1) is 0 Å². The molecule has 362 valence electrons. The largest absolute Gasteiger partial charge is 0.497 e. The fourth-order valence-electron chi connectivity index (χ4n) is 8.22. The summed E-state index contributed by atoms with van der Waals surface area (Å²) in [6.07, 6.45) is -0.0903. The molecule has 1 aliphatic rings. The molecule has 1 fully saturated rings. The minimum absolute atomic E-state index is 0.00867. The van der Waals surface area contributed by atoms with E-state index in [1.165, 1.54) is 7.11 Å². The summed E-state index contributed by atoms with van der Waals surface area (Å²) in [6, 6.07) is 37.0. The van der Waals surface area contributed by atoms with Gasteiger partial charge in [-0.05, 0) is 74.2 Å². The molecule has 0 spiro atoms. The number of amides is 1. The number of imidazole rings is 1. The van der Waals surface area contributed by atoms with Crippen molar-refractivity contribution in [3.05, 3.63) is 138 Å². The first-order valence-corrected chi connectivity index (χ1v) is 23.8. The lowest BCUT2D eigenvalue weighted by Gasteiger charge is -2.39. The van der Waals surface area contributed by atoms with Crippen LogP contribution in [0.5, 0.6) is 17.4 Å². The standard InChI is InChI=1S/C51H58N7O10P/c1-34(2)58(35(3)4)69(66-28-14-27-52)68-42-30-45(57-33-53-47-48(57)55-50(56-49(47)64-32-46(60)63-7)54-44(59)29-36-15-10-8-11-16-36)67-43(42)31-65-51(37-17-12-9-13-18-37,38-19-23-40(61-5)24-20-38)39-21-25-41(62-6)26-22-39/h8-13,15-26,33-35,42-43,45H,14,28-32H2,1-7H3,(H,54,55,56,59)/t42-,43+,45+,69?/m0/s1. The van der Waals surface area contributed by atoms with Crippen LogP contribution in [-0.4, -0.2) is 102 Å². The van der Waals surface area contributed by atoms with Crippen molar-refractivity contribution >= 4 is 37.5 Å². The van der Waals surface area contributed by atoms with Gasteiger partial charge in [0.15, 0.2) is 17.8 Å². The second kappa shape index (κ2) is 23.7. The van der Waals surface area contributed by atoms with E-state index < -0.39 is 45.1 Å². The van der Waals surface area contributed by atoms with E-state index in [-0.39, 0.29) is 73.5 Å². The van der Waals surface area contributed by atoms with Crippen molar-refractivity contribution in [2.45, 2.75) is 83.1 Å². The van der Waals surface area contributed by atoms with Crippen LogP contribution in [0.15, 0.2) is 116 Å². The minimum atomic E-state index is -1.74. The lowest BCUT2D eigenvalue weighted by atomic mass is 9.80. The van der Waals surface area contributed by atoms with Crippen LogP contribution in [0, 0.1) is 11.3 Å². The molecule has 2 aromatic heterocycles. The Bertz CT molecular complexity index is 2590. The molecule has 0 bridgehead atoms. The average molecular weight is 960 g/mol. The predicted octanol–water partition coefficient (Wildman–Crippen LogP) is 8.53. The first kappa shape index (κ1) is 50.4. The number of hydrogen-bond donors (Lipinski definition) is 1. The van der Waals surface area contributed by atoms with Gasteiger partial charge in [0.2, 0.25) is 17.7 Å². The molecule has 0 saturated carbocycles. The van der Waals surface area contributed by atoms with E-state index in [1.807, 2.05) is 109 Å². The Hall–Kier alpha value is -6.51. The molecular weight excluding hydrogens is 902 g/mol. The number of carbonyl (C=O) groups is 2. The highest BCUT2D eigenvalue weighted by Crippen LogP contribution is 2.51. The zero-order valence-corrected chi connectivity index (χ0v) is 40.7. The number of ether oxygens (including phenoxy) is 6. The number of carbonyl (C=O) groups excluding carboxylic acids is 2. The molecule has 1 amide bonds. The molecule has 1 unspecified atom stereocenters. The Morgan fingerprint density at radius 1 is 0.870 bits per heavy atom. The van der Waals surface area contributed by atoms with E-state index in [1.54, 1.807) is 25.1 Å². The third-order valence-corrected chi connectivity index (χ3v) is 13.6. The van der Waals surface area contributed by atoms with E-state index >= 15 is 0 Å². The fourth-order valence-corrected chi connectivity index (χ4v) is 9.98. The number of nitrogens with one attached hydrogen (secondary N) is 1. The van der Waals surface area contributed by atoms with E-state index in [9.17, 15) is 14.9 Å². The third-order valence-electron chi connectivity index (χ3n) is 11.4. The van der Waals surface area contributed by atoms with Crippen LogP contribution in [-0.2, 0) is 44.9 Å². The molecule has 6 aromatic rings. The molecule has 0 aliphatic carbocycles. The maximum absolute atomic E-state index is 13.4. The van der Waals surface area contributed by atoms with E-state index in [0.29, 0.717) is 11.5 Å². The smallest absolute Gasteiger partial charge is 0.343 e. The Balaban J connectivity index is 1.31. The van der Waals surface area contributed by atoms with Crippen molar-refractivity contribution in [3.8, 4) is 23.4 Å². The van der Waals surface area contributed by atoms with Gasteiger partial charge in [0.25, 0.3) is 8.53 Å². The number of rotatable bonds is 23. The van der Waals surface area contributed by atoms with Crippen molar-refractivity contribution < 1.29 is 47.1 Å². The van der Waals surface area contributed by atoms with Gasteiger partial charge in [-0.3, -0.25) is 14.7 Å². The Kier molecular flexibility index (Phi) is 17.3. The topological polar surface area (TPSA) is 191 Å². The molecular formula is C51H58N7O10P. The SMILES string of the molecule is COC(=O)COc1nc(NC(=O)Cc2ccccc2)nc2c1ncn2[C@H]1C[C@H](OP(OCCC#N)N(C(C)C)C(C)C)[C@@H](COC(c2ccccc2)(c2ccc(OC)cc2)c2ccc(OC)cc2)O1. The molecule has 1 aliphatic heterocycles. The molecule has 18 heteroatoms. The number of hydrogen-bond acceptors (Lipinski definition) is 15. The monoisotopic (exact) mass is 959 g/mol. The van der Waals surface area contributed by atoms with Gasteiger partial charge in [-0.2, -0.15) is 15.2 Å². The van der Waals surface area contributed by atoms with Gasteiger partial charge in [0, 0.05) is 18.5 Å². The van der Waals surface area contributed by atoms with Gasteiger partial charge in [-0.25, -0.2) is 14.4 Å². The highest BCUT2D eigenvalue weighted by Gasteiger charge is 2.45. The van der Waals surface area contributed by atoms with Crippen molar-refractivity contribution in [2.24, 2.45) is 0 Å². The summed E-state index contributed by atoms with van der Waals surface area (Å²) in [5, 5.41) is 12.3. The van der Waals surface area contributed by atoms with E-state index in [2.05, 4.69) is 53.7 Å². The van der Waals surface area contributed by atoms with Crippen LogP contribution < -0.4 is 19.5 Å². The maximum atomic E-state index is 13.4. The number of nitriles is 1. The number of esters is 1. The molecule has 17 nitrogen and oxygen atoms in total. The number of anilines is 1. The zero-order valence-electron chi connectivity index (χ0n) is 39.8. The summed E-state index contributed by atoms with van der Waals surface area (Å²) >= 11 is 0. The molecule has 69 heavy (non-hydrogen) atoms. The Labute approximate surface area is 403 Å². The van der Waals surface area contributed by atoms with Crippen LogP contribution >= 0.6 is 8.53 Å². The van der Waals surface area contributed by atoms with Crippen molar-refractivity contribution in [1.29, 1.82) is 5.26 Å². The third kappa shape index (κ3) is 12.0. The normalized spacial score (nSPS) is 16.4. The van der Waals surface area contributed by atoms with Crippen molar-refractivity contribution in [3.63, 3.8) is 0 Å². The lowest BCUT2D eigenvalue weighted by Crippen LogP contribution is -2.39. The first-order valence-electron chi connectivity index (χ1n) is 22.6. The Morgan fingerprint density at radius 2 is 1.48 bits per heavy atom. The quantitative estimate of drug-likeness (QED) is 0.0278. The fraction of sp³-hybridized carbons (Fsp3) is 0.373. The van der Waals surface area contributed by atoms with Crippen LogP contribution in [0.4, 0.5) is 5.95 Å². The second-order valence-electron chi connectivity index (χ2n) is 16.6. The molecule has 0 radical (unpaired) electrons. The molecule has 3 heterocycles. The lowest BCUT2D eigenvalue weighted by molar-refractivity contribution is -0.143. The number of fused-ring (bicyclic) bond motifs is 1. The maximum Gasteiger partial charge on any atom is 0.343 e. The molecule has 1 saturated heterocycles. The van der Waals surface area contributed by atoms with Crippen LogP contribution in [0.3, 0.4) is 0 Å². The van der Waals surface area contributed by atoms with Crippen molar-refractivity contribution in [1.82, 2.24) is 24.2 Å². The number of benzene rings is 4. The van der Waals surface area contributed by atoms with Crippen molar-refractivity contribution in [2.75, 3.05) is 46.5 Å². The summed E-state index contributed by atoms with van der Waals surface area (Å²) in [6.45, 7) is 8.01. The van der Waals surface area contributed by atoms with Gasteiger partial charge in [0.05, 0.1) is 65.9 Å². The second-order valence-corrected chi connectivity index (χ2v) is 18.0. The van der Waals surface area contributed by atoms with Crippen LogP contribution in [0.25, 0.3) is 11.2 Å². The van der Waals surface area contributed by atoms with E-state index in [4.69, 9.17) is 42.5 Å². The van der Waals surface area contributed by atoms with Gasteiger partial charge in [-0.1, -0.05) is 84.9 Å². The number of nitrogens with zero attached hydrogens (tertiary/aromatic N) is 6. The first-order chi connectivity index (χ1) is 33.5. The molecule has 4 aromatic carbocycles. The van der Waals surface area contributed by atoms with Gasteiger partial charge >= 0.3 is 5.97 Å². The summed E-state index contributed by atoms with van der Waals surface area (Å²) in [5.41, 5.74) is 2.61. The van der Waals surface area contributed by atoms with Gasteiger partial charge < -0.3 is 37.5 Å². The number of methoxy groups -OCH3 is 3. The molecule has 4 atom stereocenters. The summed E-state index contributed by atoms with van der Waals surface area (Å²) < 4.78 is 53.7. The minimum Gasteiger partial charge on any atom is -0.497 e. The number of aromatic nitrogens is 4. The highest BCUT2D eigenvalue weighted by atomic mass is 31.2.